The van der Waals surface area contributed by atoms with E-state index in [1.165, 1.54) is 20.3 Å². The Bertz CT molecular complexity index is 928. The van der Waals surface area contributed by atoms with Gasteiger partial charge in [-0.15, -0.1) is 0 Å². The molecule has 0 aliphatic rings. The Morgan fingerprint density at radius 1 is 0.667 bits per heavy atom. The van der Waals surface area contributed by atoms with Gasteiger partial charge < -0.3 is 9.47 Å². The van der Waals surface area contributed by atoms with E-state index in [4.69, 9.17) is 9.47 Å². The minimum absolute atomic E-state index is 0.269. The molecule has 0 spiro atoms. The van der Waals surface area contributed by atoms with Crippen molar-refractivity contribution in [3.8, 4) is 11.5 Å². The van der Waals surface area contributed by atoms with E-state index in [2.05, 4.69) is 0 Å². The summed E-state index contributed by atoms with van der Waals surface area (Å²) < 4.78 is 10.3. The summed E-state index contributed by atoms with van der Waals surface area (Å²) in [6.45, 7) is 0. The second-order valence-electron chi connectivity index (χ2n) is 5.29. The smallest absolute Gasteiger partial charge is 0.233 e. The highest BCUT2D eigenvalue weighted by Gasteiger charge is 2.20. The summed E-state index contributed by atoms with van der Waals surface area (Å²) in [5, 5.41) is 1.94. The minimum atomic E-state index is -0.578. The second kappa shape index (κ2) is 6.54. The van der Waals surface area contributed by atoms with Gasteiger partial charge in [0.25, 0.3) is 0 Å². The van der Waals surface area contributed by atoms with Gasteiger partial charge in [0.2, 0.25) is 11.6 Å². The van der Waals surface area contributed by atoms with E-state index < -0.39 is 11.6 Å². The molecule has 0 saturated heterocycles. The predicted octanol–water partition coefficient (Wildman–Crippen LogP) is 3.92. The molecular formula is C20H16O4. The zero-order chi connectivity index (χ0) is 17.1. The molecule has 3 aromatic rings. The van der Waals surface area contributed by atoms with Gasteiger partial charge in [-0.1, -0.05) is 36.4 Å². The molecule has 0 saturated carbocycles. The van der Waals surface area contributed by atoms with Gasteiger partial charge in [0.1, 0.15) is 0 Å². The van der Waals surface area contributed by atoms with Crippen LogP contribution < -0.4 is 9.47 Å². The zero-order valence-electron chi connectivity index (χ0n) is 13.4. The Balaban J connectivity index is 1.95. The molecule has 0 heterocycles. The van der Waals surface area contributed by atoms with E-state index in [-0.39, 0.29) is 5.56 Å². The van der Waals surface area contributed by atoms with Crippen LogP contribution in [0.3, 0.4) is 0 Å². The number of carbonyl (C=O) groups is 2. The molecular weight excluding hydrogens is 304 g/mol. The number of rotatable bonds is 5. The van der Waals surface area contributed by atoms with Gasteiger partial charge in [0.15, 0.2) is 11.5 Å². The van der Waals surface area contributed by atoms with Crippen molar-refractivity contribution >= 4 is 22.3 Å². The number of methoxy groups -OCH3 is 2. The lowest BCUT2D eigenvalue weighted by atomic mass is 9.99. The van der Waals surface area contributed by atoms with Gasteiger partial charge in [-0.25, -0.2) is 0 Å². The third kappa shape index (κ3) is 2.86. The highest BCUT2D eigenvalue weighted by molar-refractivity contribution is 6.49. The Hall–Kier alpha value is -3.14. The van der Waals surface area contributed by atoms with E-state index in [1.807, 2.05) is 30.3 Å². The average Bonchev–Trinajstić information content (AvgIpc) is 2.65. The maximum Gasteiger partial charge on any atom is 0.233 e. The largest absolute Gasteiger partial charge is 0.493 e. The topological polar surface area (TPSA) is 52.6 Å². The number of fused-ring (bicyclic) bond motifs is 1. The fourth-order valence-corrected chi connectivity index (χ4v) is 2.57. The molecule has 3 rings (SSSR count). The molecule has 0 bridgehead atoms. The first-order chi connectivity index (χ1) is 11.6. The molecule has 0 fully saturated rings. The summed E-state index contributed by atoms with van der Waals surface area (Å²) >= 11 is 0. The van der Waals surface area contributed by atoms with Gasteiger partial charge in [0.05, 0.1) is 14.2 Å². The number of ether oxygens (including phenoxy) is 2. The summed E-state index contributed by atoms with van der Waals surface area (Å²) in [5.41, 5.74) is 0.638. The number of benzene rings is 3. The maximum absolute atomic E-state index is 12.5. The second-order valence-corrected chi connectivity index (χ2v) is 5.29. The van der Waals surface area contributed by atoms with Crippen LogP contribution in [-0.4, -0.2) is 25.8 Å². The lowest BCUT2D eigenvalue weighted by molar-refractivity contribution is 0.0817. The van der Waals surface area contributed by atoms with Gasteiger partial charge in [0, 0.05) is 11.1 Å². The van der Waals surface area contributed by atoms with Crippen LogP contribution in [0.15, 0.2) is 60.7 Å². The fraction of sp³-hybridized carbons (Fsp3) is 0.100. The first kappa shape index (κ1) is 15.7. The van der Waals surface area contributed by atoms with Crippen molar-refractivity contribution < 1.29 is 19.1 Å². The van der Waals surface area contributed by atoms with E-state index in [0.29, 0.717) is 17.1 Å². The first-order valence-corrected chi connectivity index (χ1v) is 7.44. The molecule has 0 amide bonds. The minimum Gasteiger partial charge on any atom is -0.493 e. The summed E-state index contributed by atoms with van der Waals surface area (Å²) in [5.74, 6) is -0.207. The van der Waals surface area contributed by atoms with Crippen LogP contribution >= 0.6 is 0 Å². The Labute approximate surface area is 139 Å². The van der Waals surface area contributed by atoms with Crippen molar-refractivity contribution in [3.63, 3.8) is 0 Å². The average molecular weight is 320 g/mol. The quantitative estimate of drug-likeness (QED) is 0.528. The molecule has 0 aliphatic heterocycles. The third-order valence-corrected chi connectivity index (χ3v) is 3.86. The first-order valence-electron chi connectivity index (χ1n) is 7.44. The highest BCUT2D eigenvalue weighted by Crippen LogP contribution is 2.28. The van der Waals surface area contributed by atoms with E-state index in [1.54, 1.807) is 24.3 Å². The SMILES string of the molecule is COc1ccc(C(=O)C(=O)c2ccc3ccccc3c2)cc1OC. The molecule has 0 atom stereocenters. The summed E-state index contributed by atoms with van der Waals surface area (Å²) in [6, 6.07) is 17.6. The zero-order valence-corrected chi connectivity index (χ0v) is 13.4. The predicted molar refractivity (Wildman–Crippen MR) is 92.2 cm³/mol. The van der Waals surface area contributed by atoms with Crippen molar-refractivity contribution in [1.29, 1.82) is 0 Å². The van der Waals surface area contributed by atoms with Crippen LogP contribution in [0.5, 0.6) is 11.5 Å². The normalized spacial score (nSPS) is 10.4. The summed E-state index contributed by atoms with van der Waals surface area (Å²) in [4.78, 5) is 25.0. The molecule has 24 heavy (non-hydrogen) atoms. The maximum atomic E-state index is 12.5. The van der Waals surface area contributed by atoms with Crippen molar-refractivity contribution in [2.45, 2.75) is 0 Å². The number of carbonyl (C=O) groups excluding carboxylic acids is 2. The van der Waals surface area contributed by atoms with Crippen LogP contribution in [0.1, 0.15) is 20.7 Å². The van der Waals surface area contributed by atoms with Gasteiger partial charge >= 0.3 is 0 Å². The molecule has 0 aliphatic carbocycles. The van der Waals surface area contributed by atoms with Crippen molar-refractivity contribution in [2.24, 2.45) is 0 Å². The van der Waals surface area contributed by atoms with Crippen molar-refractivity contribution in [1.82, 2.24) is 0 Å². The lowest BCUT2D eigenvalue weighted by Gasteiger charge is -2.09. The molecule has 0 N–H and O–H groups in total. The molecule has 4 heteroatoms. The van der Waals surface area contributed by atoms with Gasteiger partial charge in [-0.3, -0.25) is 9.59 Å². The Morgan fingerprint density at radius 2 is 1.25 bits per heavy atom. The molecule has 0 unspecified atom stereocenters. The standard InChI is InChI=1S/C20H16O4/c1-23-17-10-9-16(12-18(17)24-2)20(22)19(21)15-8-7-13-5-3-4-6-14(13)11-15/h3-12H,1-2H3. The Morgan fingerprint density at radius 3 is 1.92 bits per heavy atom. The molecule has 3 aromatic carbocycles. The van der Waals surface area contributed by atoms with Crippen LogP contribution in [0.4, 0.5) is 0 Å². The number of ketones is 2. The van der Waals surface area contributed by atoms with E-state index in [0.717, 1.165) is 10.8 Å². The number of Topliss-reactive ketones (excluding diaryl/α,β-unsaturated/α-hetero) is 2. The van der Waals surface area contributed by atoms with Gasteiger partial charge in [-0.05, 0) is 35.0 Å². The lowest BCUT2D eigenvalue weighted by Crippen LogP contribution is -2.14. The highest BCUT2D eigenvalue weighted by atomic mass is 16.5. The summed E-state index contributed by atoms with van der Waals surface area (Å²) in [6.07, 6.45) is 0. The molecule has 0 radical (unpaired) electrons. The van der Waals surface area contributed by atoms with E-state index in [9.17, 15) is 9.59 Å². The van der Waals surface area contributed by atoms with E-state index >= 15 is 0 Å². The van der Waals surface area contributed by atoms with Gasteiger partial charge in [-0.2, -0.15) is 0 Å². The van der Waals surface area contributed by atoms with Crippen LogP contribution in [0.25, 0.3) is 10.8 Å². The van der Waals surface area contributed by atoms with Crippen molar-refractivity contribution in [3.05, 3.63) is 71.8 Å². The monoisotopic (exact) mass is 320 g/mol. The number of hydrogen-bond donors (Lipinski definition) is 0. The molecule has 120 valence electrons. The third-order valence-electron chi connectivity index (χ3n) is 3.86. The van der Waals surface area contributed by atoms with Crippen LogP contribution in [0, 0.1) is 0 Å². The Kier molecular flexibility index (Phi) is 4.29. The van der Waals surface area contributed by atoms with Crippen molar-refractivity contribution in [2.75, 3.05) is 14.2 Å². The fourth-order valence-electron chi connectivity index (χ4n) is 2.57. The van der Waals surface area contributed by atoms with Crippen LogP contribution in [0.2, 0.25) is 0 Å². The van der Waals surface area contributed by atoms with Crippen LogP contribution in [-0.2, 0) is 0 Å². The summed E-state index contributed by atoms with van der Waals surface area (Å²) in [7, 11) is 3.00. The molecule has 4 nitrogen and oxygen atoms in total. The number of hydrogen-bond acceptors (Lipinski definition) is 4. The molecule has 0 aromatic heterocycles.